The van der Waals surface area contributed by atoms with Crippen molar-refractivity contribution in [1.29, 1.82) is 0 Å². The highest BCUT2D eigenvalue weighted by Gasteiger charge is 2.45. The summed E-state index contributed by atoms with van der Waals surface area (Å²) in [5.41, 5.74) is -1.21. The van der Waals surface area contributed by atoms with Gasteiger partial charge in [-0.15, -0.1) is 0 Å². The first-order valence-electron chi connectivity index (χ1n) is 5.93. The van der Waals surface area contributed by atoms with Gasteiger partial charge in [-0.05, 0) is 18.3 Å². The van der Waals surface area contributed by atoms with Crippen LogP contribution in [0.1, 0.15) is 33.6 Å². The molecule has 2 aliphatic heterocycles. The summed E-state index contributed by atoms with van der Waals surface area (Å²) in [6, 6.07) is 0.564. The van der Waals surface area contributed by atoms with Gasteiger partial charge < -0.3 is 4.74 Å². The van der Waals surface area contributed by atoms with Crippen molar-refractivity contribution in [2.24, 2.45) is 5.41 Å². The Kier molecular flexibility index (Phi) is 2.80. The first kappa shape index (κ1) is 11.3. The molecule has 0 bridgehead atoms. The number of halogens is 1. The van der Waals surface area contributed by atoms with Crippen LogP contribution in [0, 0.1) is 5.41 Å². The summed E-state index contributed by atoms with van der Waals surface area (Å²) in [6.07, 6.45) is 1.35. The van der Waals surface area contributed by atoms with Crippen LogP contribution in [0.4, 0.5) is 4.39 Å². The minimum Gasteiger partial charge on any atom is -0.378 e. The quantitative estimate of drug-likeness (QED) is 0.665. The Bertz CT molecular complexity index is 224. The van der Waals surface area contributed by atoms with Crippen LogP contribution in [0.3, 0.4) is 0 Å². The molecule has 2 saturated heterocycles. The monoisotopic (exact) mass is 215 g/mol. The Morgan fingerprint density at radius 1 is 1.20 bits per heavy atom. The minimum absolute atomic E-state index is 0.227. The van der Waals surface area contributed by atoms with Crippen molar-refractivity contribution in [2.45, 2.75) is 45.3 Å². The molecule has 88 valence electrons. The van der Waals surface area contributed by atoms with Crippen LogP contribution in [-0.2, 0) is 4.74 Å². The Balaban J connectivity index is 1.90. The van der Waals surface area contributed by atoms with Crippen molar-refractivity contribution in [3.63, 3.8) is 0 Å². The Morgan fingerprint density at radius 3 is 2.07 bits per heavy atom. The largest absolute Gasteiger partial charge is 0.378 e. The molecule has 0 atom stereocenters. The standard InChI is InChI=1S/C12H22FNO/c1-11(2,3)12(13)4-6-14(7-5-12)10-8-15-9-10/h10H,4-9H2,1-3H3. The van der Waals surface area contributed by atoms with E-state index < -0.39 is 5.67 Å². The van der Waals surface area contributed by atoms with Crippen LogP contribution in [0.5, 0.6) is 0 Å². The van der Waals surface area contributed by atoms with Crippen molar-refractivity contribution in [2.75, 3.05) is 26.3 Å². The molecule has 2 aliphatic rings. The molecule has 0 amide bonds. The molecule has 3 heteroatoms. The second kappa shape index (κ2) is 3.70. The van der Waals surface area contributed by atoms with E-state index in [1.807, 2.05) is 20.8 Å². The van der Waals surface area contributed by atoms with E-state index in [4.69, 9.17) is 4.74 Å². The SMILES string of the molecule is CC(C)(C)C1(F)CCN(C2COC2)CC1. The van der Waals surface area contributed by atoms with Gasteiger partial charge in [-0.2, -0.15) is 0 Å². The van der Waals surface area contributed by atoms with Crippen LogP contribution < -0.4 is 0 Å². The van der Waals surface area contributed by atoms with Crippen LogP contribution in [0.2, 0.25) is 0 Å². The third-order valence-electron chi connectivity index (χ3n) is 4.07. The lowest BCUT2D eigenvalue weighted by Gasteiger charge is -2.47. The Labute approximate surface area is 91.8 Å². The fourth-order valence-electron chi connectivity index (χ4n) is 2.43. The average molecular weight is 215 g/mol. The fourth-order valence-corrected chi connectivity index (χ4v) is 2.43. The molecule has 0 aromatic heterocycles. The van der Waals surface area contributed by atoms with Gasteiger partial charge in [0.2, 0.25) is 0 Å². The number of likely N-dealkylation sites (tertiary alicyclic amines) is 1. The molecule has 0 aliphatic carbocycles. The summed E-state index contributed by atoms with van der Waals surface area (Å²) in [5.74, 6) is 0. The second-order valence-electron chi connectivity index (χ2n) is 5.94. The number of nitrogens with zero attached hydrogens (tertiary/aromatic N) is 1. The zero-order chi connectivity index (χ0) is 11.1. The smallest absolute Gasteiger partial charge is 0.118 e. The van der Waals surface area contributed by atoms with Gasteiger partial charge >= 0.3 is 0 Å². The summed E-state index contributed by atoms with van der Waals surface area (Å²) < 4.78 is 19.8. The molecule has 0 spiro atoms. The second-order valence-corrected chi connectivity index (χ2v) is 5.94. The molecule has 0 radical (unpaired) electrons. The summed E-state index contributed by atoms with van der Waals surface area (Å²) in [5, 5.41) is 0. The van der Waals surface area contributed by atoms with Gasteiger partial charge in [-0.25, -0.2) is 4.39 Å². The van der Waals surface area contributed by atoms with E-state index in [1.54, 1.807) is 0 Å². The molecule has 2 fully saturated rings. The zero-order valence-electron chi connectivity index (χ0n) is 10.1. The van der Waals surface area contributed by atoms with Crippen LogP contribution in [0.15, 0.2) is 0 Å². The Hall–Kier alpha value is -0.150. The maximum Gasteiger partial charge on any atom is 0.118 e. The lowest BCUT2D eigenvalue weighted by atomic mass is 9.72. The van der Waals surface area contributed by atoms with E-state index in [1.165, 1.54) is 0 Å². The number of hydrogen-bond acceptors (Lipinski definition) is 2. The van der Waals surface area contributed by atoms with Gasteiger partial charge in [-0.1, -0.05) is 20.8 Å². The minimum atomic E-state index is -0.978. The predicted molar refractivity (Wildman–Crippen MR) is 58.7 cm³/mol. The molecule has 15 heavy (non-hydrogen) atoms. The highest BCUT2D eigenvalue weighted by molar-refractivity contribution is 4.97. The molecule has 0 aromatic rings. The number of hydrogen-bond donors (Lipinski definition) is 0. The third-order valence-corrected chi connectivity index (χ3v) is 4.07. The molecular weight excluding hydrogens is 193 g/mol. The lowest BCUT2D eigenvalue weighted by Crippen LogP contribution is -2.56. The van der Waals surface area contributed by atoms with E-state index in [0.29, 0.717) is 18.9 Å². The number of piperidine rings is 1. The molecule has 2 heterocycles. The molecule has 0 N–H and O–H groups in total. The summed E-state index contributed by atoms with van der Waals surface area (Å²) in [7, 11) is 0. The van der Waals surface area contributed by atoms with E-state index in [-0.39, 0.29) is 5.41 Å². The first-order valence-corrected chi connectivity index (χ1v) is 5.93. The van der Waals surface area contributed by atoms with Crippen LogP contribution >= 0.6 is 0 Å². The molecule has 2 rings (SSSR count). The van der Waals surface area contributed by atoms with Crippen molar-refractivity contribution in [1.82, 2.24) is 4.90 Å². The summed E-state index contributed by atoms with van der Waals surface area (Å²) >= 11 is 0. The Morgan fingerprint density at radius 2 is 1.73 bits per heavy atom. The molecule has 0 aromatic carbocycles. The van der Waals surface area contributed by atoms with Gasteiger partial charge in [0.05, 0.1) is 19.3 Å². The highest BCUT2D eigenvalue weighted by atomic mass is 19.1. The van der Waals surface area contributed by atoms with E-state index in [0.717, 1.165) is 26.3 Å². The fraction of sp³-hybridized carbons (Fsp3) is 1.00. The topological polar surface area (TPSA) is 12.5 Å². The molecule has 2 nitrogen and oxygen atoms in total. The first-order chi connectivity index (χ1) is 6.92. The third kappa shape index (κ3) is 2.04. The van der Waals surface area contributed by atoms with Crippen molar-refractivity contribution >= 4 is 0 Å². The van der Waals surface area contributed by atoms with Crippen LogP contribution in [-0.4, -0.2) is 42.9 Å². The predicted octanol–water partition coefficient (Wildman–Crippen LogP) is 2.24. The van der Waals surface area contributed by atoms with Gasteiger partial charge in [0, 0.05) is 13.1 Å². The van der Waals surface area contributed by atoms with Gasteiger partial charge in [0.25, 0.3) is 0 Å². The number of ether oxygens (including phenoxy) is 1. The van der Waals surface area contributed by atoms with E-state index >= 15 is 0 Å². The zero-order valence-corrected chi connectivity index (χ0v) is 10.1. The van der Waals surface area contributed by atoms with Crippen molar-refractivity contribution in [3.05, 3.63) is 0 Å². The van der Waals surface area contributed by atoms with E-state index in [2.05, 4.69) is 4.90 Å². The maximum absolute atomic E-state index is 14.6. The lowest BCUT2D eigenvalue weighted by molar-refractivity contribution is -0.101. The summed E-state index contributed by atoms with van der Waals surface area (Å²) in [4.78, 5) is 2.38. The van der Waals surface area contributed by atoms with E-state index in [9.17, 15) is 4.39 Å². The average Bonchev–Trinajstić information content (AvgIpc) is 2.04. The maximum atomic E-state index is 14.6. The van der Waals surface area contributed by atoms with Gasteiger partial charge in [-0.3, -0.25) is 4.90 Å². The molecular formula is C12H22FNO. The number of alkyl halides is 1. The van der Waals surface area contributed by atoms with Crippen molar-refractivity contribution < 1.29 is 9.13 Å². The summed E-state index contributed by atoms with van der Waals surface area (Å²) in [6.45, 7) is 9.49. The van der Waals surface area contributed by atoms with Gasteiger partial charge in [0.1, 0.15) is 5.67 Å². The number of rotatable bonds is 1. The molecule has 0 saturated carbocycles. The normalized spacial score (nSPS) is 28.8. The van der Waals surface area contributed by atoms with Crippen molar-refractivity contribution in [3.8, 4) is 0 Å². The highest BCUT2D eigenvalue weighted by Crippen LogP contribution is 2.42. The van der Waals surface area contributed by atoms with Gasteiger partial charge in [0.15, 0.2) is 0 Å². The van der Waals surface area contributed by atoms with Crippen LogP contribution in [0.25, 0.3) is 0 Å². The molecule has 0 unspecified atom stereocenters.